The number of benzene rings is 2. The van der Waals surface area contributed by atoms with E-state index < -0.39 is 0 Å². The van der Waals surface area contributed by atoms with Crippen LogP contribution in [-0.4, -0.2) is 56.2 Å². The molecule has 3 rings (SSSR count). The van der Waals surface area contributed by atoms with Crippen LogP contribution in [0.4, 0.5) is 16.2 Å². The van der Waals surface area contributed by atoms with Crippen LogP contribution in [0.5, 0.6) is 5.75 Å². The van der Waals surface area contributed by atoms with E-state index in [1.165, 1.54) is 5.56 Å². The van der Waals surface area contributed by atoms with Crippen LogP contribution in [0.15, 0.2) is 48.5 Å². The fourth-order valence-corrected chi connectivity index (χ4v) is 2.93. The number of ether oxygens (including phenoxy) is 1. The number of nitrogens with one attached hydrogen (secondary N) is 2. The van der Waals surface area contributed by atoms with E-state index in [0.717, 1.165) is 49.8 Å². The molecular formula is C20H26N4O2. The van der Waals surface area contributed by atoms with Gasteiger partial charge in [-0.05, 0) is 49.0 Å². The predicted octanol–water partition coefficient (Wildman–Crippen LogP) is 3.09. The van der Waals surface area contributed by atoms with Crippen molar-refractivity contribution >= 4 is 17.4 Å². The standard InChI is InChI=1S/C20H26N4O2/c1-23-11-13-24(14-12-23)15-16-3-5-17(6-4-16)21-20(25)22-18-7-9-19(26-2)10-8-18/h3-10H,11-15H2,1-2H3,(H2,21,22,25). The van der Waals surface area contributed by atoms with Gasteiger partial charge in [0, 0.05) is 44.1 Å². The number of likely N-dealkylation sites (N-methyl/N-ethyl adjacent to an activating group) is 1. The van der Waals surface area contributed by atoms with Crippen molar-refractivity contribution in [2.24, 2.45) is 0 Å². The van der Waals surface area contributed by atoms with Gasteiger partial charge >= 0.3 is 6.03 Å². The summed E-state index contributed by atoms with van der Waals surface area (Å²) >= 11 is 0. The van der Waals surface area contributed by atoms with Crippen molar-refractivity contribution in [2.45, 2.75) is 6.54 Å². The summed E-state index contributed by atoms with van der Waals surface area (Å²) in [5.74, 6) is 0.756. The minimum atomic E-state index is -0.262. The second-order valence-electron chi connectivity index (χ2n) is 6.58. The number of carbonyl (C=O) groups is 1. The van der Waals surface area contributed by atoms with Gasteiger partial charge in [-0.3, -0.25) is 4.90 Å². The normalized spacial score (nSPS) is 15.5. The van der Waals surface area contributed by atoms with Gasteiger partial charge < -0.3 is 20.3 Å². The van der Waals surface area contributed by atoms with E-state index >= 15 is 0 Å². The molecule has 0 bridgehead atoms. The van der Waals surface area contributed by atoms with Gasteiger partial charge in [0.15, 0.2) is 0 Å². The van der Waals surface area contributed by atoms with E-state index in [4.69, 9.17) is 4.74 Å². The fraction of sp³-hybridized carbons (Fsp3) is 0.350. The molecule has 138 valence electrons. The van der Waals surface area contributed by atoms with Crippen molar-refractivity contribution in [1.29, 1.82) is 0 Å². The molecule has 0 aromatic heterocycles. The van der Waals surface area contributed by atoms with Gasteiger partial charge in [-0.1, -0.05) is 12.1 Å². The number of urea groups is 1. The van der Waals surface area contributed by atoms with Crippen LogP contribution < -0.4 is 15.4 Å². The molecule has 6 nitrogen and oxygen atoms in total. The van der Waals surface area contributed by atoms with Crippen LogP contribution in [0.1, 0.15) is 5.56 Å². The van der Waals surface area contributed by atoms with Crippen LogP contribution in [0.25, 0.3) is 0 Å². The molecule has 6 heteroatoms. The molecule has 0 radical (unpaired) electrons. The molecule has 0 unspecified atom stereocenters. The molecule has 1 saturated heterocycles. The first-order valence-corrected chi connectivity index (χ1v) is 8.84. The molecule has 1 aliphatic rings. The monoisotopic (exact) mass is 354 g/mol. The number of rotatable bonds is 5. The lowest BCUT2D eigenvalue weighted by atomic mass is 10.2. The van der Waals surface area contributed by atoms with Gasteiger partial charge in [0.1, 0.15) is 5.75 Å². The minimum Gasteiger partial charge on any atom is -0.497 e. The first-order chi connectivity index (χ1) is 12.6. The van der Waals surface area contributed by atoms with Crippen LogP contribution in [0, 0.1) is 0 Å². The molecule has 2 aromatic carbocycles. The van der Waals surface area contributed by atoms with Crippen LogP contribution in [0.2, 0.25) is 0 Å². The van der Waals surface area contributed by atoms with Crippen LogP contribution in [-0.2, 0) is 6.54 Å². The Morgan fingerprint density at radius 2 is 1.46 bits per heavy atom. The number of hydrogen-bond acceptors (Lipinski definition) is 4. The zero-order valence-electron chi connectivity index (χ0n) is 15.4. The van der Waals surface area contributed by atoms with E-state index in [-0.39, 0.29) is 6.03 Å². The third kappa shape index (κ3) is 5.21. The third-order valence-electron chi connectivity index (χ3n) is 4.56. The Morgan fingerprint density at radius 3 is 2.00 bits per heavy atom. The summed E-state index contributed by atoms with van der Waals surface area (Å²) in [6.45, 7) is 5.38. The average Bonchev–Trinajstić information content (AvgIpc) is 2.66. The molecule has 2 amide bonds. The third-order valence-corrected chi connectivity index (χ3v) is 4.56. The topological polar surface area (TPSA) is 56.8 Å². The van der Waals surface area contributed by atoms with Crippen LogP contribution in [0.3, 0.4) is 0 Å². The molecule has 0 saturated carbocycles. The Balaban J connectivity index is 1.49. The van der Waals surface area contributed by atoms with E-state index in [0.29, 0.717) is 0 Å². The fourth-order valence-electron chi connectivity index (χ4n) is 2.93. The van der Waals surface area contributed by atoms with Crippen molar-refractivity contribution in [3.8, 4) is 5.75 Å². The molecule has 2 aromatic rings. The Bertz CT molecular complexity index is 708. The number of amides is 2. The predicted molar refractivity (Wildman–Crippen MR) is 105 cm³/mol. The van der Waals surface area contributed by atoms with Crippen molar-refractivity contribution in [3.63, 3.8) is 0 Å². The Morgan fingerprint density at radius 1 is 0.923 bits per heavy atom. The van der Waals surface area contributed by atoms with E-state index in [9.17, 15) is 4.79 Å². The molecule has 1 heterocycles. The summed E-state index contributed by atoms with van der Waals surface area (Å²) < 4.78 is 5.11. The summed E-state index contributed by atoms with van der Waals surface area (Å²) in [4.78, 5) is 16.9. The summed E-state index contributed by atoms with van der Waals surface area (Å²) in [5, 5.41) is 5.66. The zero-order valence-corrected chi connectivity index (χ0v) is 15.4. The number of methoxy groups -OCH3 is 1. The first-order valence-electron chi connectivity index (χ1n) is 8.84. The Kier molecular flexibility index (Phi) is 6.09. The van der Waals surface area contributed by atoms with Crippen molar-refractivity contribution in [3.05, 3.63) is 54.1 Å². The molecule has 0 aliphatic carbocycles. The number of anilines is 2. The summed E-state index contributed by atoms with van der Waals surface area (Å²) in [6.07, 6.45) is 0. The molecule has 2 N–H and O–H groups in total. The SMILES string of the molecule is COc1ccc(NC(=O)Nc2ccc(CN3CCN(C)CC3)cc2)cc1. The van der Waals surface area contributed by atoms with Gasteiger partial charge in [0.25, 0.3) is 0 Å². The van der Waals surface area contributed by atoms with Gasteiger partial charge in [0.2, 0.25) is 0 Å². The highest BCUT2D eigenvalue weighted by atomic mass is 16.5. The Hall–Kier alpha value is -2.57. The number of nitrogens with zero attached hydrogens (tertiary/aromatic N) is 2. The molecule has 26 heavy (non-hydrogen) atoms. The van der Waals surface area contributed by atoms with Gasteiger partial charge in [-0.25, -0.2) is 4.79 Å². The molecule has 0 spiro atoms. The number of carbonyl (C=O) groups excluding carboxylic acids is 1. The van der Waals surface area contributed by atoms with Crippen molar-refractivity contribution in [2.75, 3.05) is 51.0 Å². The van der Waals surface area contributed by atoms with Gasteiger partial charge in [-0.15, -0.1) is 0 Å². The molecule has 1 fully saturated rings. The average molecular weight is 354 g/mol. The highest BCUT2D eigenvalue weighted by Crippen LogP contribution is 2.16. The molecule has 0 atom stereocenters. The van der Waals surface area contributed by atoms with Crippen molar-refractivity contribution < 1.29 is 9.53 Å². The summed E-state index contributed by atoms with van der Waals surface area (Å²) in [7, 11) is 3.78. The lowest BCUT2D eigenvalue weighted by Crippen LogP contribution is -2.43. The number of piperazine rings is 1. The van der Waals surface area contributed by atoms with Gasteiger partial charge in [-0.2, -0.15) is 0 Å². The van der Waals surface area contributed by atoms with E-state index in [1.54, 1.807) is 19.2 Å². The zero-order chi connectivity index (χ0) is 18.4. The maximum atomic E-state index is 12.1. The summed E-state index contributed by atoms with van der Waals surface area (Å²) in [5.41, 5.74) is 2.75. The van der Waals surface area contributed by atoms with Gasteiger partial charge in [0.05, 0.1) is 7.11 Å². The highest BCUT2D eigenvalue weighted by molar-refractivity contribution is 5.99. The van der Waals surface area contributed by atoms with Crippen molar-refractivity contribution in [1.82, 2.24) is 9.80 Å². The quantitative estimate of drug-likeness (QED) is 0.866. The Labute approximate surface area is 154 Å². The molecular weight excluding hydrogens is 328 g/mol. The lowest BCUT2D eigenvalue weighted by Gasteiger charge is -2.32. The second-order valence-corrected chi connectivity index (χ2v) is 6.58. The first kappa shape index (κ1) is 18.2. The highest BCUT2D eigenvalue weighted by Gasteiger charge is 2.13. The largest absolute Gasteiger partial charge is 0.497 e. The van der Waals surface area contributed by atoms with E-state index in [2.05, 4.69) is 39.6 Å². The van der Waals surface area contributed by atoms with Crippen LogP contribution >= 0.6 is 0 Å². The summed E-state index contributed by atoms with van der Waals surface area (Å²) in [6, 6.07) is 15.0. The second kappa shape index (κ2) is 8.69. The minimum absolute atomic E-state index is 0.262. The maximum absolute atomic E-state index is 12.1. The number of hydrogen-bond donors (Lipinski definition) is 2. The maximum Gasteiger partial charge on any atom is 0.323 e. The smallest absolute Gasteiger partial charge is 0.323 e. The van der Waals surface area contributed by atoms with E-state index in [1.807, 2.05) is 24.3 Å². The molecule has 1 aliphatic heterocycles. The lowest BCUT2D eigenvalue weighted by molar-refractivity contribution is 0.148.